The highest BCUT2D eigenvalue weighted by Gasteiger charge is 2.20. The molecule has 0 amide bonds. The maximum absolute atomic E-state index is 10.1. The molecule has 92 valence electrons. The van der Waals surface area contributed by atoms with Crippen LogP contribution in [-0.4, -0.2) is 22.8 Å². The zero-order valence-corrected chi connectivity index (χ0v) is 11.2. The maximum Gasteiger partial charge on any atom is 0.0631 e. The van der Waals surface area contributed by atoms with E-state index in [2.05, 4.69) is 33.0 Å². The molecule has 0 saturated carbocycles. The summed E-state index contributed by atoms with van der Waals surface area (Å²) >= 11 is 0. The first-order valence-electron chi connectivity index (χ1n) is 6.24. The van der Waals surface area contributed by atoms with Crippen LogP contribution in [-0.2, 0) is 0 Å². The summed E-state index contributed by atoms with van der Waals surface area (Å²) < 4.78 is 0. The lowest BCUT2D eigenvalue weighted by Gasteiger charge is -2.27. The van der Waals surface area contributed by atoms with Crippen LogP contribution in [0.1, 0.15) is 66.7 Å². The quantitative estimate of drug-likeness (QED) is 0.640. The molecule has 0 radical (unpaired) electrons. The van der Waals surface area contributed by atoms with Crippen molar-refractivity contribution in [3.05, 3.63) is 0 Å². The van der Waals surface area contributed by atoms with E-state index in [9.17, 15) is 5.11 Å². The summed E-state index contributed by atoms with van der Waals surface area (Å²) in [5.74, 6) is 0. The lowest BCUT2D eigenvalue weighted by molar-refractivity contribution is 0.0383. The van der Waals surface area contributed by atoms with Crippen LogP contribution < -0.4 is 5.32 Å². The van der Waals surface area contributed by atoms with Gasteiger partial charge in [0.05, 0.1) is 5.60 Å². The summed E-state index contributed by atoms with van der Waals surface area (Å²) in [4.78, 5) is 0. The third kappa shape index (κ3) is 10.2. The standard InChI is InChI=1S/C13H29NO/c1-6-7-8-9-13(5,15)10-11-14-12(2,3)4/h14-15H,6-11H2,1-5H3. The van der Waals surface area contributed by atoms with Crippen LogP contribution in [0, 0.1) is 0 Å². The molecule has 0 aromatic carbocycles. The zero-order valence-electron chi connectivity index (χ0n) is 11.2. The second kappa shape index (κ2) is 6.49. The molecule has 0 fully saturated rings. The van der Waals surface area contributed by atoms with Gasteiger partial charge < -0.3 is 10.4 Å². The van der Waals surface area contributed by atoms with Gasteiger partial charge in [0.15, 0.2) is 0 Å². The van der Waals surface area contributed by atoms with Crippen molar-refractivity contribution < 1.29 is 5.11 Å². The molecule has 0 rings (SSSR count). The first-order chi connectivity index (χ1) is 6.77. The van der Waals surface area contributed by atoms with E-state index in [0.29, 0.717) is 0 Å². The Morgan fingerprint density at radius 2 is 1.60 bits per heavy atom. The summed E-state index contributed by atoms with van der Waals surface area (Å²) in [5, 5.41) is 13.5. The van der Waals surface area contributed by atoms with Gasteiger partial charge in [0.2, 0.25) is 0 Å². The van der Waals surface area contributed by atoms with Crippen molar-refractivity contribution >= 4 is 0 Å². The number of nitrogens with one attached hydrogen (secondary N) is 1. The Morgan fingerprint density at radius 1 is 1.00 bits per heavy atom. The van der Waals surface area contributed by atoms with Gasteiger partial charge in [-0.05, 0) is 47.1 Å². The first-order valence-corrected chi connectivity index (χ1v) is 6.24. The molecule has 0 aromatic heterocycles. The van der Waals surface area contributed by atoms with Gasteiger partial charge in [-0.15, -0.1) is 0 Å². The van der Waals surface area contributed by atoms with Crippen molar-refractivity contribution in [2.75, 3.05) is 6.54 Å². The lowest BCUT2D eigenvalue weighted by Crippen LogP contribution is -2.39. The Hall–Kier alpha value is -0.0800. The summed E-state index contributed by atoms with van der Waals surface area (Å²) in [6.07, 6.45) is 5.35. The zero-order chi connectivity index (χ0) is 11.9. The second-order valence-corrected chi connectivity index (χ2v) is 5.88. The van der Waals surface area contributed by atoms with Gasteiger partial charge >= 0.3 is 0 Å². The van der Waals surface area contributed by atoms with Crippen LogP contribution >= 0.6 is 0 Å². The minimum absolute atomic E-state index is 0.152. The van der Waals surface area contributed by atoms with Crippen LogP contribution in [0.5, 0.6) is 0 Å². The van der Waals surface area contributed by atoms with Crippen LogP contribution in [0.15, 0.2) is 0 Å². The predicted octanol–water partition coefficient (Wildman–Crippen LogP) is 3.10. The average molecular weight is 215 g/mol. The maximum atomic E-state index is 10.1. The normalized spacial score (nSPS) is 16.4. The van der Waals surface area contributed by atoms with E-state index < -0.39 is 5.60 Å². The van der Waals surface area contributed by atoms with Crippen LogP contribution in [0.3, 0.4) is 0 Å². The molecule has 0 aromatic rings. The predicted molar refractivity (Wildman–Crippen MR) is 67.1 cm³/mol. The van der Waals surface area contributed by atoms with Crippen molar-refractivity contribution in [1.82, 2.24) is 5.32 Å². The molecule has 2 heteroatoms. The van der Waals surface area contributed by atoms with E-state index in [1.165, 1.54) is 12.8 Å². The second-order valence-electron chi connectivity index (χ2n) is 5.88. The molecule has 0 aliphatic carbocycles. The molecule has 2 N–H and O–H groups in total. The van der Waals surface area contributed by atoms with Crippen molar-refractivity contribution in [3.63, 3.8) is 0 Å². The Kier molecular flexibility index (Phi) is 6.46. The van der Waals surface area contributed by atoms with Crippen LogP contribution in [0.4, 0.5) is 0 Å². The number of rotatable bonds is 7. The van der Waals surface area contributed by atoms with Gasteiger partial charge in [0, 0.05) is 5.54 Å². The third-order valence-corrected chi connectivity index (χ3v) is 2.64. The molecule has 0 saturated heterocycles. The van der Waals surface area contributed by atoms with E-state index in [1.54, 1.807) is 0 Å². The number of aliphatic hydroxyl groups is 1. The molecule has 1 atom stereocenters. The van der Waals surface area contributed by atoms with Crippen molar-refractivity contribution in [3.8, 4) is 0 Å². The van der Waals surface area contributed by atoms with Crippen molar-refractivity contribution in [1.29, 1.82) is 0 Å². The number of unbranched alkanes of at least 4 members (excludes halogenated alkanes) is 2. The molecule has 0 spiro atoms. The van der Waals surface area contributed by atoms with Crippen molar-refractivity contribution in [2.24, 2.45) is 0 Å². The summed E-state index contributed by atoms with van der Waals surface area (Å²) in [6.45, 7) is 11.5. The Morgan fingerprint density at radius 3 is 2.07 bits per heavy atom. The summed E-state index contributed by atoms with van der Waals surface area (Å²) in [5.41, 5.74) is -0.340. The van der Waals surface area contributed by atoms with E-state index in [1.807, 2.05) is 6.92 Å². The molecular formula is C13H29NO. The largest absolute Gasteiger partial charge is 0.390 e. The molecule has 1 unspecified atom stereocenters. The summed E-state index contributed by atoms with van der Waals surface area (Å²) in [7, 11) is 0. The monoisotopic (exact) mass is 215 g/mol. The fourth-order valence-electron chi connectivity index (χ4n) is 1.59. The minimum Gasteiger partial charge on any atom is -0.390 e. The van der Waals surface area contributed by atoms with Gasteiger partial charge in [-0.1, -0.05) is 26.2 Å². The van der Waals surface area contributed by atoms with E-state index in [0.717, 1.165) is 25.8 Å². The lowest BCUT2D eigenvalue weighted by atomic mass is 9.94. The molecule has 0 heterocycles. The van der Waals surface area contributed by atoms with Gasteiger partial charge in [0.25, 0.3) is 0 Å². The first kappa shape index (κ1) is 14.9. The number of hydrogen-bond acceptors (Lipinski definition) is 2. The van der Waals surface area contributed by atoms with Crippen LogP contribution in [0.2, 0.25) is 0 Å². The SMILES string of the molecule is CCCCCC(C)(O)CCNC(C)(C)C. The van der Waals surface area contributed by atoms with Gasteiger partial charge in [-0.3, -0.25) is 0 Å². The van der Waals surface area contributed by atoms with E-state index in [-0.39, 0.29) is 5.54 Å². The van der Waals surface area contributed by atoms with Gasteiger partial charge in [-0.2, -0.15) is 0 Å². The Labute approximate surface area is 95.5 Å². The Bertz CT molecular complexity index is 158. The Balaban J connectivity index is 3.64. The van der Waals surface area contributed by atoms with E-state index in [4.69, 9.17) is 0 Å². The minimum atomic E-state index is -0.493. The van der Waals surface area contributed by atoms with Crippen LogP contribution in [0.25, 0.3) is 0 Å². The highest BCUT2D eigenvalue weighted by atomic mass is 16.3. The summed E-state index contributed by atoms with van der Waals surface area (Å²) in [6, 6.07) is 0. The molecular weight excluding hydrogens is 186 g/mol. The number of hydrogen-bond donors (Lipinski definition) is 2. The third-order valence-electron chi connectivity index (χ3n) is 2.64. The highest BCUT2D eigenvalue weighted by Crippen LogP contribution is 2.18. The topological polar surface area (TPSA) is 32.3 Å². The van der Waals surface area contributed by atoms with Gasteiger partial charge in [0.1, 0.15) is 0 Å². The fourth-order valence-corrected chi connectivity index (χ4v) is 1.59. The molecule has 2 nitrogen and oxygen atoms in total. The molecule has 0 aliphatic rings. The smallest absolute Gasteiger partial charge is 0.0631 e. The average Bonchev–Trinajstić information content (AvgIpc) is 2.01. The molecule has 0 bridgehead atoms. The fraction of sp³-hybridized carbons (Fsp3) is 1.00. The van der Waals surface area contributed by atoms with Gasteiger partial charge in [-0.25, -0.2) is 0 Å². The highest BCUT2D eigenvalue weighted by molar-refractivity contribution is 4.77. The van der Waals surface area contributed by atoms with Crippen molar-refractivity contribution in [2.45, 2.75) is 77.9 Å². The molecule has 0 aliphatic heterocycles. The molecule has 15 heavy (non-hydrogen) atoms. The van der Waals surface area contributed by atoms with E-state index >= 15 is 0 Å².